The van der Waals surface area contributed by atoms with Gasteiger partial charge in [0.15, 0.2) is 5.65 Å². The number of fused-ring (bicyclic) bond motifs is 1. The Hall–Kier alpha value is -2.15. The van der Waals surface area contributed by atoms with E-state index in [0.29, 0.717) is 11.3 Å². The van der Waals surface area contributed by atoms with Gasteiger partial charge in [0.1, 0.15) is 5.69 Å². The first-order valence-electron chi connectivity index (χ1n) is 5.91. The molecular formula is C13H8ClF3N4. The maximum atomic E-state index is 12.6. The Balaban J connectivity index is 2.19. The van der Waals surface area contributed by atoms with Crippen molar-refractivity contribution in [3.8, 4) is 11.4 Å². The zero-order valence-corrected chi connectivity index (χ0v) is 11.4. The fraction of sp³-hybridized carbons (Fsp3) is 0.154. The van der Waals surface area contributed by atoms with Gasteiger partial charge in [-0.05, 0) is 19.1 Å². The molecule has 21 heavy (non-hydrogen) atoms. The standard InChI is InChI=1S/C13H8ClF3N4/c1-7-4-11-18-3-2-10(21(11)20-7)12-9(14)5-8(6-19-12)13(15,16)17/h2-6H,1H3. The van der Waals surface area contributed by atoms with Gasteiger partial charge < -0.3 is 0 Å². The molecule has 0 atom stereocenters. The molecule has 8 heteroatoms. The number of nitrogens with zero attached hydrogens (tertiary/aromatic N) is 4. The number of alkyl halides is 3. The second-order valence-corrected chi connectivity index (χ2v) is 4.85. The molecule has 3 rings (SSSR count). The fourth-order valence-electron chi connectivity index (χ4n) is 1.97. The average Bonchev–Trinajstić information content (AvgIpc) is 2.77. The lowest BCUT2D eigenvalue weighted by Gasteiger charge is -2.10. The van der Waals surface area contributed by atoms with Crippen LogP contribution in [0.25, 0.3) is 17.0 Å². The zero-order chi connectivity index (χ0) is 15.2. The number of hydrogen-bond donors (Lipinski definition) is 0. The maximum absolute atomic E-state index is 12.6. The largest absolute Gasteiger partial charge is 0.417 e. The summed E-state index contributed by atoms with van der Waals surface area (Å²) in [6.45, 7) is 1.79. The first kappa shape index (κ1) is 13.8. The van der Waals surface area contributed by atoms with Crippen LogP contribution in [0.15, 0.2) is 30.6 Å². The molecule has 4 nitrogen and oxygen atoms in total. The SMILES string of the molecule is Cc1cc2nccc(-c3ncc(C(F)(F)F)cc3Cl)n2n1. The Morgan fingerprint density at radius 1 is 1.19 bits per heavy atom. The quantitative estimate of drug-likeness (QED) is 0.687. The lowest BCUT2D eigenvalue weighted by Crippen LogP contribution is -2.06. The van der Waals surface area contributed by atoms with Gasteiger partial charge in [0, 0.05) is 18.5 Å². The monoisotopic (exact) mass is 312 g/mol. The van der Waals surface area contributed by atoms with Gasteiger partial charge in [-0.1, -0.05) is 11.6 Å². The van der Waals surface area contributed by atoms with Gasteiger partial charge in [0.05, 0.1) is 22.0 Å². The number of aryl methyl sites for hydroxylation is 1. The summed E-state index contributed by atoms with van der Waals surface area (Å²) in [5.74, 6) is 0. The maximum Gasteiger partial charge on any atom is 0.417 e. The molecular weight excluding hydrogens is 305 g/mol. The van der Waals surface area contributed by atoms with Gasteiger partial charge in [-0.15, -0.1) is 0 Å². The van der Waals surface area contributed by atoms with E-state index in [2.05, 4.69) is 15.1 Å². The van der Waals surface area contributed by atoms with Gasteiger partial charge in [-0.2, -0.15) is 18.3 Å². The van der Waals surface area contributed by atoms with Crippen LogP contribution in [0, 0.1) is 6.92 Å². The number of pyridine rings is 1. The summed E-state index contributed by atoms with van der Waals surface area (Å²) >= 11 is 5.95. The summed E-state index contributed by atoms with van der Waals surface area (Å²) in [7, 11) is 0. The van der Waals surface area contributed by atoms with Crippen LogP contribution in [0.5, 0.6) is 0 Å². The molecule has 3 aromatic heterocycles. The Labute approximate surface area is 122 Å². The molecule has 0 aliphatic rings. The Morgan fingerprint density at radius 2 is 1.95 bits per heavy atom. The van der Waals surface area contributed by atoms with Crippen LogP contribution in [0.1, 0.15) is 11.3 Å². The van der Waals surface area contributed by atoms with Crippen molar-refractivity contribution in [2.75, 3.05) is 0 Å². The highest BCUT2D eigenvalue weighted by atomic mass is 35.5. The Morgan fingerprint density at radius 3 is 2.62 bits per heavy atom. The third kappa shape index (κ3) is 2.44. The number of aromatic nitrogens is 4. The molecule has 0 N–H and O–H groups in total. The molecule has 0 aromatic carbocycles. The minimum absolute atomic E-state index is 0.0921. The van der Waals surface area contributed by atoms with Crippen molar-refractivity contribution in [2.45, 2.75) is 13.1 Å². The van der Waals surface area contributed by atoms with Crippen LogP contribution < -0.4 is 0 Å². The molecule has 0 radical (unpaired) electrons. The van der Waals surface area contributed by atoms with Gasteiger partial charge in [-0.25, -0.2) is 9.50 Å². The van der Waals surface area contributed by atoms with Crippen molar-refractivity contribution >= 4 is 17.2 Å². The summed E-state index contributed by atoms with van der Waals surface area (Å²) in [5.41, 5.74) is 1.12. The van der Waals surface area contributed by atoms with Gasteiger partial charge in [-0.3, -0.25) is 4.98 Å². The highest BCUT2D eigenvalue weighted by Gasteiger charge is 2.31. The summed E-state index contributed by atoms with van der Waals surface area (Å²) < 4.78 is 39.4. The van der Waals surface area contributed by atoms with E-state index in [4.69, 9.17) is 11.6 Å². The number of halogens is 4. The van der Waals surface area contributed by atoms with Crippen molar-refractivity contribution in [3.63, 3.8) is 0 Å². The molecule has 3 aromatic rings. The lowest BCUT2D eigenvalue weighted by atomic mass is 10.2. The fourth-order valence-corrected chi connectivity index (χ4v) is 2.23. The zero-order valence-electron chi connectivity index (χ0n) is 10.7. The molecule has 0 fully saturated rings. The minimum atomic E-state index is -4.48. The molecule has 0 spiro atoms. The lowest BCUT2D eigenvalue weighted by molar-refractivity contribution is -0.137. The van der Waals surface area contributed by atoms with Crippen LogP contribution in [0.3, 0.4) is 0 Å². The second-order valence-electron chi connectivity index (χ2n) is 4.44. The molecule has 0 aliphatic carbocycles. The van der Waals surface area contributed by atoms with E-state index in [0.717, 1.165) is 18.0 Å². The highest BCUT2D eigenvalue weighted by Crippen LogP contribution is 2.33. The smallest absolute Gasteiger partial charge is 0.252 e. The first-order valence-corrected chi connectivity index (χ1v) is 6.28. The van der Waals surface area contributed by atoms with Crippen molar-refractivity contribution in [1.29, 1.82) is 0 Å². The van der Waals surface area contributed by atoms with Crippen LogP contribution in [0.4, 0.5) is 13.2 Å². The van der Waals surface area contributed by atoms with Gasteiger partial charge in [0.2, 0.25) is 0 Å². The van der Waals surface area contributed by atoms with Crippen molar-refractivity contribution in [1.82, 2.24) is 19.6 Å². The third-order valence-electron chi connectivity index (χ3n) is 2.89. The second kappa shape index (κ2) is 4.70. The average molecular weight is 313 g/mol. The molecule has 0 amide bonds. The molecule has 0 aliphatic heterocycles. The number of hydrogen-bond acceptors (Lipinski definition) is 3. The summed E-state index contributed by atoms with van der Waals surface area (Å²) in [4.78, 5) is 7.96. The summed E-state index contributed by atoms with van der Waals surface area (Å²) in [6.07, 6.45) is -2.20. The van der Waals surface area contributed by atoms with Crippen molar-refractivity contribution in [3.05, 3.63) is 46.9 Å². The highest BCUT2D eigenvalue weighted by molar-refractivity contribution is 6.33. The van der Waals surface area contributed by atoms with E-state index in [1.807, 2.05) is 0 Å². The van der Waals surface area contributed by atoms with Crippen LogP contribution in [-0.2, 0) is 6.18 Å². The predicted molar refractivity (Wildman–Crippen MR) is 71.0 cm³/mol. The molecule has 108 valence electrons. The van der Waals surface area contributed by atoms with Crippen LogP contribution in [-0.4, -0.2) is 19.6 Å². The summed E-state index contributed by atoms with van der Waals surface area (Å²) in [6, 6.07) is 4.20. The molecule has 0 saturated carbocycles. The molecule has 0 saturated heterocycles. The summed E-state index contributed by atoms with van der Waals surface area (Å²) in [5, 5.41) is 4.14. The third-order valence-corrected chi connectivity index (χ3v) is 3.18. The topological polar surface area (TPSA) is 43.1 Å². The van der Waals surface area contributed by atoms with E-state index >= 15 is 0 Å². The number of rotatable bonds is 1. The van der Waals surface area contributed by atoms with Gasteiger partial charge >= 0.3 is 6.18 Å². The molecule has 3 heterocycles. The van der Waals surface area contributed by atoms with E-state index in [9.17, 15) is 13.2 Å². The minimum Gasteiger partial charge on any atom is -0.252 e. The molecule has 0 unspecified atom stereocenters. The van der Waals surface area contributed by atoms with Crippen molar-refractivity contribution < 1.29 is 13.2 Å². The van der Waals surface area contributed by atoms with Gasteiger partial charge in [0.25, 0.3) is 0 Å². The normalized spacial score (nSPS) is 12.0. The van der Waals surface area contributed by atoms with Crippen molar-refractivity contribution in [2.24, 2.45) is 0 Å². The van der Waals surface area contributed by atoms with Crippen LogP contribution in [0.2, 0.25) is 5.02 Å². The van der Waals surface area contributed by atoms with E-state index < -0.39 is 11.7 Å². The first-order chi connectivity index (χ1) is 9.86. The van der Waals surface area contributed by atoms with E-state index in [-0.39, 0.29) is 10.7 Å². The van der Waals surface area contributed by atoms with E-state index in [1.54, 1.807) is 19.1 Å². The Kier molecular flexibility index (Phi) is 3.09. The predicted octanol–water partition coefficient (Wildman–Crippen LogP) is 3.77. The van der Waals surface area contributed by atoms with E-state index in [1.165, 1.54) is 10.7 Å². The molecule has 0 bridgehead atoms. The Bertz CT molecular complexity index is 826. The van der Waals surface area contributed by atoms with Crippen LogP contribution >= 0.6 is 11.6 Å².